The molecule has 0 spiro atoms. The summed E-state index contributed by atoms with van der Waals surface area (Å²) < 4.78 is 2.74. The lowest BCUT2D eigenvalue weighted by Gasteiger charge is -2.18. The molecule has 172 valence electrons. The van der Waals surface area contributed by atoms with E-state index in [0.29, 0.717) is 31.5 Å². The van der Waals surface area contributed by atoms with Crippen LogP contribution in [-0.4, -0.2) is 32.1 Å². The molecule has 0 radical (unpaired) electrons. The third kappa shape index (κ3) is 5.30. The first-order chi connectivity index (χ1) is 15.3. The van der Waals surface area contributed by atoms with Crippen LogP contribution < -0.4 is 16.1 Å². The summed E-state index contributed by atoms with van der Waals surface area (Å²) in [6.45, 7) is 4.78. The number of anilines is 1. The average Bonchev–Trinajstić information content (AvgIpc) is 3.16. The normalized spacial score (nSPS) is 11.2. The van der Waals surface area contributed by atoms with Crippen molar-refractivity contribution in [2.75, 3.05) is 11.9 Å². The van der Waals surface area contributed by atoms with Gasteiger partial charge in [-0.1, -0.05) is 31.9 Å². The molecule has 0 bridgehead atoms. The van der Waals surface area contributed by atoms with Crippen LogP contribution in [0.4, 0.5) is 5.69 Å². The third-order valence-electron chi connectivity index (χ3n) is 5.60. The number of imidazole rings is 1. The molecule has 0 saturated carbocycles. The van der Waals surface area contributed by atoms with Gasteiger partial charge in [-0.15, -0.1) is 0 Å². The van der Waals surface area contributed by atoms with Gasteiger partial charge in [0.05, 0.1) is 0 Å². The van der Waals surface area contributed by atoms with Crippen molar-refractivity contribution in [2.45, 2.75) is 65.5 Å². The van der Waals surface area contributed by atoms with Gasteiger partial charge in [0.15, 0.2) is 11.2 Å². The monoisotopic (exact) mass is 459 g/mol. The summed E-state index contributed by atoms with van der Waals surface area (Å²) in [4.78, 5) is 46.9. The predicted octanol–water partition coefficient (Wildman–Crippen LogP) is 3.87. The van der Waals surface area contributed by atoms with Crippen LogP contribution in [0.2, 0.25) is 5.28 Å². The number of aromatic amines is 1. The lowest BCUT2D eigenvalue weighted by Crippen LogP contribution is -2.40. The SMILES string of the molecule is CCCCCn1c(=O)n(CCCCC(=O)N(C)c2cccc(C)c2)c(=O)c2[nH]c(Cl)nc21. The van der Waals surface area contributed by atoms with Crippen molar-refractivity contribution in [3.8, 4) is 0 Å². The minimum absolute atomic E-state index is 0.00396. The molecule has 0 unspecified atom stereocenters. The Labute approximate surface area is 191 Å². The van der Waals surface area contributed by atoms with Gasteiger partial charge in [-0.2, -0.15) is 4.98 Å². The molecule has 8 nitrogen and oxygen atoms in total. The summed E-state index contributed by atoms with van der Waals surface area (Å²) in [6.07, 6.45) is 4.24. The van der Waals surface area contributed by atoms with Crippen molar-refractivity contribution >= 4 is 34.4 Å². The Bertz CT molecular complexity index is 1210. The second-order valence-corrected chi connectivity index (χ2v) is 8.43. The highest BCUT2D eigenvalue weighted by atomic mass is 35.5. The van der Waals surface area contributed by atoms with Crippen molar-refractivity contribution in [2.24, 2.45) is 0 Å². The number of nitrogens with zero attached hydrogens (tertiary/aromatic N) is 4. The fourth-order valence-electron chi connectivity index (χ4n) is 3.75. The first-order valence-corrected chi connectivity index (χ1v) is 11.4. The molecule has 0 fully saturated rings. The molecule has 0 aliphatic heterocycles. The van der Waals surface area contributed by atoms with Crippen LogP contribution in [0.15, 0.2) is 33.9 Å². The molecule has 32 heavy (non-hydrogen) atoms. The highest BCUT2D eigenvalue weighted by Gasteiger charge is 2.17. The number of nitrogens with one attached hydrogen (secondary N) is 1. The van der Waals surface area contributed by atoms with Gasteiger partial charge < -0.3 is 9.88 Å². The summed E-state index contributed by atoms with van der Waals surface area (Å²) in [7, 11) is 1.76. The molecule has 1 aromatic carbocycles. The minimum Gasteiger partial charge on any atom is -0.323 e. The van der Waals surface area contributed by atoms with E-state index >= 15 is 0 Å². The Balaban J connectivity index is 1.70. The molecule has 9 heteroatoms. The zero-order valence-electron chi connectivity index (χ0n) is 18.9. The molecule has 3 rings (SSSR count). The summed E-state index contributed by atoms with van der Waals surface area (Å²) in [5.74, 6) is -0.00396. The molecule has 2 heterocycles. The van der Waals surface area contributed by atoms with E-state index in [1.807, 2.05) is 31.2 Å². The number of H-pyrrole nitrogens is 1. The zero-order chi connectivity index (χ0) is 23.3. The van der Waals surface area contributed by atoms with Gasteiger partial charge in [-0.05, 0) is 55.5 Å². The van der Waals surface area contributed by atoms with E-state index in [4.69, 9.17) is 11.6 Å². The molecule has 0 aliphatic carbocycles. The van der Waals surface area contributed by atoms with Crippen molar-refractivity contribution in [3.63, 3.8) is 0 Å². The second-order valence-electron chi connectivity index (χ2n) is 8.07. The van der Waals surface area contributed by atoms with Crippen LogP contribution in [0.1, 0.15) is 51.0 Å². The Morgan fingerprint density at radius 3 is 2.56 bits per heavy atom. The number of unbranched alkanes of at least 4 members (excludes halogenated alkanes) is 3. The van der Waals surface area contributed by atoms with Gasteiger partial charge in [-0.25, -0.2) is 4.79 Å². The number of carbonyl (C=O) groups is 1. The summed E-state index contributed by atoms with van der Waals surface area (Å²) >= 11 is 5.97. The number of halogens is 1. The molecule has 3 aromatic rings. The molecule has 0 aliphatic rings. The van der Waals surface area contributed by atoms with Gasteiger partial charge in [0.2, 0.25) is 11.2 Å². The van der Waals surface area contributed by atoms with Crippen LogP contribution in [0.3, 0.4) is 0 Å². The summed E-state index contributed by atoms with van der Waals surface area (Å²) in [5.41, 5.74) is 1.66. The average molecular weight is 460 g/mol. The van der Waals surface area contributed by atoms with Crippen LogP contribution >= 0.6 is 11.6 Å². The fraction of sp³-hybridized carbons (Fsp3) is 0.478. The van der Waals surface area contributed by atoms with Gasteiger partial charge in [0, 0.05) is 32.2 Å². The van der Waals surface area contributed by atoms with Crippen molar-refractivity contribution in [1.82, 2.24) is 19.1 Å². The zero-order valence-corrected chi connectivity index (χ0v) is 19.6. The topological polar surface area (TPSA) is 93.0 Å². The third-order valence-corrected chi connectivity index (χ3v) is 5.78. The smallest absolute Gasteiger partial charge is 0.323 e. The highest BCUT2D eigenvalue weighted by Crippen LogP contribution is 2.16. The van der Waals surface area contributed by atoms with Crippen molar-refractivity contribution in [3.05, 3.63) is 56.0 Å². The first-order valence-electron chi connectivity index (χ1n) is 11.1. The van der Waals surface area contributed by atoms with E-state index in [0.717, 1.165) is 30.5 Å². The molecular formula is C23H30ClN5O3. The standard InChI is InChI=1S/C23H30ClN5O3/c1-4-5-7-13-28-20-19(25-22(24)26-20)21(31)29(23(28)32)14-8-6-12-18(30)27(3)17-11-9-10-16(2)15-17/h9-11,15H,4-8,12-14H2,1-3H3,(H,25,26). The van der Waals surface area contributed by atoms with Crippen LogP contribution in [-0.2, 0) is 17.9 Å². The maximum atomic E-state index is 13.0. The van der Waals surface area contributed by atoms with E-state index in [2.05, 4.69) is 16.9 Å². The summed E-state index contributed by atoms with van der Waals surface area (Å²) in [6, 6.07) is 7.77. The number of fused-ring (bicyclic) bond motifs is 1. The Hall–Kier alpha value is -2.87. The number of carbonyl (C=O) groups excluding carboxylic acids is 1. The molecular weight excluding hydrogens is 430 g/mol. The van der Waals surface area contributed by atoms with Crippen LogP contribution in [0.25, 0.3) is 11.2 Å². The Kier molecular flexibility index (Phi) is 7.90. The first kappa shape index (κ1) is 23.8. The maximum Gasteiger partial charge on any atom is 0.332 e. The lowest BCUT2D eigenvalue weighted by atomic mass is 10.2. The van der Waals surface area contributed by atoms with Crippen molar-refractivity contribution < 1.29 is 4.79 Å². The van der Waals surface area contributed by atoms with Gasteiger partial charge in [0.1, 0.15) is 0 Å². The maximum absolute atomic E-state index is 13.0. The highest BCUT2D eigenvalue weighted by molar-refractivity contribution is 6.28. The molecule has 1 amide bonds. The van der Waals surface area contributed by atoms with E-state index in [1.54, 1.807) is 11.9 Å². The van der Waals surface area contributed by atoms with Crippen molar-refractivity contribution in [1.29, 1.82) is 0 Å². The predicted molar refractivity (Wildman–Crippen MR) is 128 cm³/mol. The van der Waals surface area contributed by atoms with E-state index in [9.17, 15) is 14.4 Å². The van der Waals surface area contributed by atoms with Crippen LogP contribution in [0.5, 0.6) is 0 Å². The van der Waals surface area contributed by atoms with Gasteiger partial charge in [-0.3, -0.25) is 18.7 Å². The minimum atomic E-state index is -0.431. The van der Waals surface area contributed by atoms with E-state index in [-0.39, 0.29) is 28.9 Å². The largest absolute Gasteiger partial charge is 0.332 e. The molecule has 0 saturated heterocycles. The number of aryl methyl sites for hydroxylation is 2. The summed E-state index contributed by atoms with van der Waals surface area (Å²) in [5, 5.41) is 0.0864. The molecule has 1 N–H and O–H groups in total. The second kappa shape index (κ2) is 10.6. The number of rotatable bonds is 10. The number of amides is 1. The molecule has 0 atom stereocenters. The van der Waals surface area contributed by atoms with Gasteiger partial charge in [0.25, 0.3) is 5.56 Å². The number of hydrogen-bond donors (Lipinski definition) is 1. The van der Waals surface area contributed by atoms with E-state index < -0.39 is 5.56 Å². The van der Waals surface area contributed by atoms with E-state index in [1.165, 1.54) is 9.13 Å². The fourth-order valence-corrected chi connectivity index (χ4v) is 3.93. The van der Waals surface area contributed by atoms with Crippen LogP contribution in [0, 0.1) is 6.92 Å². The molecule has 2 aromatic heterocycles. The van der Waals surface area contributed by atoms with Gasteiger partial charge >= 0.3 is 5.69 Å². The number of aromatic nitrogens is 4. The Morgan fingerprint density at radius 2 is 1.84 bits per heavy atom. The lowest BCUT2D eigenvalue weighted by molar-refractivity contribution is -0.118. The number of hydrogen-bond acceptors (Lipinski definition) is 4. The number of benzene rings is 1. The Morgan fingerprint density at radius 1 is 1.12 bits per heavy atom. The quantitative estimate of drug-likeness (QED) is 0.368.